The van der Waals surface area contributed by atoms with Crippen molar-refractivity contribution in [2.24, 2.45) is 0 Å². The van der Waals surface area contributed by atoms with Crippen molar-refractivity contribution >= 4 is 0 Å². The first-order valence-corrected chi connectivity index (χ1v) is 2.93. The molecular formula is C7H10NORb. The number of rotatable bonds is 0. The molecule has 0 aromatic carbocycles. The molecule has 0 unspecified atom stereocenters. The van der Waals surface area contributed by atoms with Crippen LogP contribution in [0.25, 0.3) is 0 Å². The van der Waals surface area contributed by atoms with E-state index < -0.39 is 0 Å². The Bertz CT molecular complexity index is 176. The van der Waals surface area contributed by atoms with Crippen LogP contribution >= 0.6 is 0 Å². The SMILES string of the molecule is CC(C)(C)c1co[c-]n1.[Rb+]. The zero-order valence-electron chi connectivity index (χ0n) is 6.93. The van der Waals surface area contributed by atoms with Gasteiger partial charge in [-0.15, -0.1) is 0 Å². The third kappa shape index (κ3) is 2.95. The van der Waals surface area contributed by atoms with Crippen molar-refractivity contribution in [2.75, 3.05) is 0 Å². The molecule has 0 N–H and O–H groups in total. The monoisotopic (exact) mass is 209 g/mol. The van der Waals surface area contributed by atoms with Crippen LogP contribution in [0.2, 0.25) is 0 Å². The average molecular weight is 210 g/mol. The van der Waals surface area contributed by atoms with Crippen molar-refractivity contribution in [3.8, 4) is 0 Å². The molecule has 50 valence electrons. The van der Waals surface area contributed by atoms with Crippen LogP contribution in [0, 0.1) is 6.39 Å². The predicted molar refractivity (Wildman–Crippen MR) is 34.0 cm³/mol. The topological polar surface area (TPSA) is 26.0 Å². The number of oxazole rings is 1. The molecule has 0 bridgehead atoms. The Balaban J connectivity index is 0.000000810. The Hall–Kier alpha value is 1.02. The van der Waals surface area contributed by atoms with E-state index in [0.717, 1.165) is 5.69 Å². The summed E-state index contributed by atoms with van der Waals surface area (Å²) in [7, 11) is 0. The van der Waals surface area contributed by atoms with Crippen molar-refractivity contribution < 1.29 is 62.6 Å². The summed E-state index contributed by atoms with van der Waals surface area (Å²) in [5.74, 6) is 0. The van der Waals surface area contributed by atoms with Gasteiger partial charge in [0, 0.05) is 0 Å². The summed E-state index contributed by atoms with van der Waals surface area (Å²) < 4.78 is 4.70. The van der Waals surface area contributed by atoms with Crippen LogP contribution < -0.4 is 58.2 Å². The van der Waals surface area contributed by atoms with Crippen LogP contribution in [0.1, 0.15) is 26.5 Å². The van der Waals surface area contributed by atoms with E-state index in [4.69, 9.17) is 4.42 Å². The quantitative estimate of drug-likeness (QED) is 0.501. The molecule has 1 heterocycles. The van der Waals surface area contributed by atoms with Crippen molar-refractivity contribution in [2.45, 2.75) is 26.2 Å². The molecule has 0 aliphatic carbocycles. The molecule has 0 fully saturated rings. The Kier molecular flexibility index (Phi) is 4.56. The van der Waals surface area contributed by atoms with Gasteiger partial charge in [-0.25, -0.2) is 0 Å². The molecule has 0 aliphatic rings. The maximum Gasteiger partial charge on any atom is 1.00 e. The van der Waals surface area contributed by atoms with E-state index in [2.05, 4.69) is 32.1 Å². The number of aromatic nitrogens is 1. The molecule has 1 aromatic rings. The first kappa shape index (κ1) is 11.0. The van der Waals surface area contributed by atoms with Gasteiger partial charge < -0.3 is 9.40 Å². The molecule has 0 aliphatic heterocycles. The zero-order chi connectivity index (χ0) is 6.91. The van der Waals surface area contributed by atoms with E-state index in [9.17, 15) is 0 Å². The second kappa shape index (κ2) is 4.14. The minimum atomic E-state index is 0. The Morgan fingerprint density at radius 2 is 2.10 bits per heavy atom. The van der Waals surface area contributed by atoms with E-state index in [1.807, 2.05) is 0 Å². The van der Waals surface area contributed by atoms with Gasteiger partial charge in [-0.3, -0.25) is 0 Å². The molecule has 0 radical (unpaired) electrons. The maximum atomic E-state index is 4.70. The van der Waals surface area contributed by atoms with E-state index >= 15 is 0 Å². The molecule has 0 amide bonds. The Morgan fingerprint density at radius 3 is 2.30 bits per heavy atom. The van der Waals surface area contributed by atoms with Crippen molar-refractivity contribution in [3.05, 3.63) is 18.4 Å². The van der Waals surface area contributed by atoms with E-state index in [1.54, 1.807) is 6.26 Å². The molecule has 0 saturated carbocycles. The molecule has 10 heavy (non-hydrogen) atoms. The van der Waals surface area contributed by atoms with E-state index in [1.165, 1.54) is 0 Å². The summed E-state index contributed by atoms with van der Waals surface area (Å²) in [5, 5.41) is 0. The maximum absolute atomic E-state index is 4.70. The molecule has 3 heteroatoms. The largest absolute Gasteiger partial charge is 1.00 e. The van der Waals surface area contributed by atoms with E-state index in [-0.39, 0.29) is 63.6 Å². The van der Waals surface area contributed by atoms with Crippen LogP contribution in [0.4, 0.5) is 0 Å². The van der Waals surface area contributed by atoms with Gasteiger partial charge in [-0.1, -0.05) is 26.5 Å². The summed E-state index contributed by atoms with van der Waals surface area (Å²) in [6.07, 6.45) is 4.04. The van der Waals surface area contributed by atoms with Gasteiger partial charge in [0.2, 0.25) is 0 Å². The third-order valence-electron chi connectivity index (χ3n) is 1.16. The van der Waals surface area contributed by atoms with Gasteiger partial charge >= 0.3 is 58.2 Å². The molecule has 0 atom stereocenters. The Morgan fingerprint density at radius 1 is 1.50 bits per heavy atom. The second-order valence-electron chi connectivity index (χ2n) is 3.07. The van der Waals surface area contributed by atoms with Crippen LogP contribution in [0.15, 0.2) is 10.7 Å². The number of nitrogens with zero attached hydrogens (tertiary/aromatic N) is 1. The van der Waals surface area contributed by atoms with Gasteiger partial charge in [-0.05, 0) is 11.7 Å². The molecular weight excluding hydrogens is 200 g/mol. The number of hydrogen-bond acceptors (Lipinski definition) is 2. The summed E-state index contributed by atoms with van der Waals surface area (Å²) in [5.41, 5.74) is 1.03. The molecule has 0 spiro atoms. The summed E-state index contributed by atoms with van der Waals surface area (Å²) in [4.78, 5) is 3.90. The minimum absolute atomic E-state index is 0. The zero-order valence-corrected chi connectivity index (χ0v) is 11.8. The fourth-order valence-corrected chi connectivity index (χ4v) is 0.529. The van der Waals surface area contributed by atoms with Gasteiger partial charge in [0.25, 0.3) is 0 Å². The van der Waals surface area contributed by atoms with Gasteiger partial charge in [0.1, 0.15) is 6.39 Å². The Labute approximate surface area is 110 Å². The third-order valence-corrected chi connectivity index (χ3v) is 1.16. The standard InChI is InChI=1S/C7H10NO.Rb/c1-7(2,3)6-4-9-5-8-6;/h4H,1-3H3;/q-1;+1. The summed E-state index contributed by atoms with van der Waals surface area (Å²) in [6.45, 7) is 6.25. The predicted octanol–water partition coefficient (Wildman–Crippen LogP) is -1.22. The minimum Gasteiger partial charge on any atom is -0.581 e. The summed E-state index contributed by atoms with van der Waals surface area (Å²) >= 11 is 0. The number of hydrogen-bond donors (Lipinski definition) is 0. The normalized spacial score (nSPS) is 10.7. The smallest absolute Gasteiger partial charge is 0.581 e. The van der Waals surface area contributed by atoms with Gasteiger partial charge in [0.05, 0.1) is 0 Å². The van der Waals surface area contributed by atoms with Crippen molar-refractivity contribution in [1.82, 2.24) is 4.98 Å². The summed E-state index contributed by atoms with van der Waals surface area (Å²) in [6, 6.07) is 0. The first-order chi connectivity index (χ1) is 4.11. The van der Waals surface area contributed by atoms with Gasteiger partial charge in [0.15, 0.2) is 0 Å². The fourth-order valence-electron chi connectivity index (χ4n) is 0.529. The molecule has 1 aromatic heterocycles. The van der Waals surface area contributed by atoms with E-state index in [0.29, 0.717) is 0 Å². The first-order valence-electron chi connectivity index (χ1n) is 2.93. The van der Waals surface area contributed by atoms with Crippen molar-refractivity contribution in [1.29, 1.82) is 0 Å². The fraction of sp³-hybridized carbons (Fsp3) is 0.571. The van der Waals surface area contributed by atoms with Crippen LogP contribution in [-0.4, -0.2) is 4.98 Å². The van der Waals surface area contributed by atoms with Gasteiger partial charge in [-0.2, -0.15) is 0 Å². The second-order valence-corrected chi connectivity index (χ2v) is 3.07. The van der Waals surface area contributed by atoms with Crippen LogP contribution in [0.3, 0.4) is 0 Å². The van der Waals surface area contributed by atoms with Crippen LogP contribution in [-0.2, 0) is 5.41 Å². The average Bonchev–Trinajstić information content (AvgIpc) is 2.08. The van der Waals surface area contributed by atoms with Crippen molar-refractivity contribution in [3.63, 3.8) is 0 Å². The molecule has 0 saturated heterocycles. The van der Waals surface area contributed by atoms with Crippen LogP contribution in [0.5, 0.6) is 0 Å². The molecule has 1 rings (SSSR count). The molecule has 2 nitrogen and oxygen atoms in total.